The normalized spacial score (nSPS) is 11.5. The third kappa shape index (κ3) is 8.75. The third-order valence-corrected chi connectivity index (χ3v) is 2.73. The van der Waals surface area contributed by atoms with Gasteiger partial charge in [-0.2, -0.15) is 11.8 Å². The van der Waals surface area contributed by atoms with Crippen LogP contribution in [-0.2, 0) is 9.53 Å². The number of carbonyl (C=O) groups excluding carboxylic acids is 1. The lowest BCUT2D eigenvalue weighted by Gasteiger charge is -2.24. The maximum Gasteiger partial charge on any atom is 0.220 e. The lowest BCUT2D eigenvalue weighted by molar-refractivity contribution is -0.120. The molecule has 0 spiro atoms. The molecule has 0 aliphatic rings. The molecule has 15 heavy (non-hydrogen) atoms. The van der Waals surface area contributed by atoms with Crippen LogP contribution in [0.2, 0.25) is 0 Å². The number of nitrogens with one attached hydrogen (secondary N) is 1. The van der Waals surface area contributed by atoms with E-state index < -0.39 is 0 Å². The predicted molar refractivity (Wildman–Crippen MR) is 66.3 cm³/mol. The minimum Gasteiger partial charge on any atom is -0.376 e. The highest BCUT2D eigenvalue weighted by Crippen LogP contribution is 2.12. The summed E-state index contributed by atoms with van der Waals surface area (Å²) in [4.78, 5) is 11.3. The Morgan fingerprint density at radius 2 is 2.13 bits per heavy atom. The summed E-state index contributed by atoms with van der Waals surface area (Å²) in [6, 6.07) is 0. The van der Waals surface area contributed by atoms with Crippen molar-refractivity contribution in [2.45, 2.75) is 39.2 Å². The van der Waals surface area contributed by atoms with Gasteiger partial charge in [-0.1, -0.05) is 0 Å². The number of hydrogen-bond donors (Lipinski definition) is 1. The van der Waals surface area contributed by atoms with E-state index in [0.717, 1.165) is 12.2 Å². The molecule has 0 bridgehead atoms. The molecule has 4 heteroatoms. The highest BCUT2D eigenvalue weighted by Gasteiger charge is 2.17. The quantitative estimate of drug-likeness (QED) is 0.697. The van der Waals surface area contributed by atoms with E-state index in [1.165, 1.54) is 0 Å². The summed E-state index contributed by atoms with van der Waals surface area (Å²) >= 11 is 1.69. The van der Waals surface area contributed by atoms with E-state index >= 15 is 0 Å². The Bertz CT molecular complexity index is 183. The van der Waals surface area contributed by atoms with Gasteiger partial charge in [-0.3, -0.25) is 4.79 Å². The lowest BCUT2D eigenvalue weighted by atomic mass is 10.1. The van der Waals surface area contributed by atoms with Gasteiger partial charge in [-0.25, -0.2) is 0 Å². The van der Waals surface area contributed by atoms with E-state index in [0.29, 0.717) is 19.6 Å². The molecule has 0 unspecified atom stereocenters. The Morgan fingerprint density at radius 1 is 1.47 bits per heavy atom. The zero-order valence-electron chi connectivity index (χ0n) is 10.3. The zero-order chi connectivity index (χ0) is 11.7. The monoisotopic (exact) mass is 233 g/mol. The Labute approximate surface area is 97.3 Å². The maximum atomic E-state index is 11.3. The summed E-state index contributed by atoms with van der Waals surface area (Å²) in [5.74, 6) is 1.03. The van der Waals surface area contributed by atoms with E-state index in [9.17, 15) is 4.79 Å². The molecule has 0 aromatic carbocycles. The second-order valence-electron chi connectivity index (χ2n) is 4.04. The van der Waals surface area contributed by atoms with Crippen LogP contribution in [0, 0.1) is 0 Å². The lowest BCUT2D eigenvalue weighted by Crippen LogP contribution is -2.32. The van der Waals surface area contributed by atoms with Crippen molar-refractivity contribution in [3.05, 3.63) is 0 Å². The number of carbonyl (C=O) groups is 1. The van der Waals surface area contributed by atoms with Gasteiger partial charge in [0.25, 0.3) is 0 Å². The highest BCUT2D eigenvalue weighted by molar-refractivity contribution is 7.98. The van der Waals surface area contributed by atoms with Crippen LogP contribution in [0.4, 0.5) is 0 Å². The maximum absolute atomic E-state index is 11.3. The molecule has 0 saturated carbocycles. The van der Waals surface area contributed by atoms with Crippen molar-refractivity contribution in [1.29, 1.82) is 0 Å². The van der Waals surface area contributed by atoms with Crippen LogP contribution in [-0.4, -0.2) is 36.7 Å². The van der Waals surface area contributed by atoms with E-state index in [-0.39, 0.29) is 11.5 Å². The summed E-state index contributed by atoms with van der Waals surface area (Å²) in [5.41, 5.74) is -0.137. The molecule has 0 rings (SSSR count). The van der Waals surface area contributed by atoms with Gasteiger partial charge in [0.15, 0.2) is 0 Å². The van der Waals surface area contributed by atoms with Crippen LogP contribution < -0.4 is 5.32 Å². The van der Waals surface area contributed by atoms with Crippen molar-refractivity contribution in [1.82, 2.24) is 5.32 Å². The molecule has 0 aromatic heterocycles. The van der Waals surface area contributed by atoms with Gasteiger partial charge in [0, 0.05) is 25.3 Å². The van der Waals surface area contributed by atoms with E-state index in [1.54, 1.807) is 11.8 Å². The molecule has 0 aromatic rings. The second-order valence-corrected chi connectivity index (χ2v) is 5.02. The first kappa shape index (κ1) is 14.8. The molecule has 0 fully saturated rings. The molecular weight excluding hydrogens is 210 g/mol. The fraction of sp³-hybridized carbons (Fsp3) is 0.909. The molecule has 0 aliphatic carbocycles. The zero-order valence-corrected chi connectivity index (χ0v) is 11.1. The van der Waals surface area contributed by atoms with Crippen LogP contribution in [0.25, 0.3) is 0 Å². The number of thioether (sulfide) groups is 1. The van der Waals surface area contributed by atoms with Gasteiger partial charge in [0.05, 0.1) is 5.60 Å². The van der Waals surface area contributed by atoms with Gasteiger partial charge in [0.1, 0.15) is 0 Å². The number of hydrogen-bond acceptors (Lipinski definition) is 3. The van der Waals surface area contributed by atoms with Crippen molar-refractivity contribution in [3.8, 4) is 0 Å². The van der Waals surface area contributed by atoms with Crippen LogP contribution in [0.3, 0.4) is 0 Å². The second kappa shape index (κ2) is 7.99. The molecule has 0 atom stereocenters. The molecule has 3 nitrogen and oxygen atoms in total. The molecule has 90 valence electrons. The van der Waals surface area contributed by atoms with Gasteiger partial charge in [-0.05, 0) is 33.4 Å². The summed E-state index contributed by atoms with van der Waals surface area (Å²) in [6.45, 7) is 7.49. The standard InChI is InChI=1S/C11H23NO2S/c1-5-14-11(2,3)7-8-12-10(13)6-9-15-4/h5-9H2,1-4H3,(H,12,13). The largest absolute Gasteiger partial charge is 0.376 e. The number of ether oxygens (including phenoxy) is 1. The van der Waals surface area contributed by atoms with E-state index in [1.807, 2.05) is 27.0 Å². The first-order chi connectivity index (χ1) is 7.02. The van der Waals surface area contributed by atoms with Crippen LogP contribution >= 0.6 is 11.8 Å². The number of rotatable bonds is 8. The van der Waals surface area contributed by atoms with Crippen LogP contribution in [0.5, 0.6) is 0 Å². The fourth-order valence-electron chi connectivity index (χ4n) is 1.25. The molecule has 1 amide bonds. The van der Waals surface area contributed by atoms with E-state index in [4.69, 9.17) is 4.74 Å². The Kier molecular flexibility index (Phi) is 7.88. The smallest absolute Gasteiger partial charge is 0.220 e. The van der Waals surface area contributed by atoms with Crippen LogP contribution in [0.15, 0.2) is 0 Å². The Morgan fingerprint density at radius 3 is 2.67 bits per heavy atom. The van der Waals surface area contributed by atoms with Gasteiger partial charge >= 0.3 is 0 Å². The molecule has 0 radical (unpaired) electrons. The average Bonchev–Trinajstić information content (AvgIpc) is 2.14. The number of amides is 1. The van der Waals surface area contributed by atoms with Crippen molar-refractivity contribution in [2.75, 3.05) is 25.2 Å². The van der Waals surface area contributed by atoms with Crippen molar-refractivity contribution in [2.24, 2.45) is 0 Å². The summed E-state index contributed by atoms with van der Waals surface area (Å²) < 4.78 is 5.54. The molecular formula is C11H23NO2S. The van der Waals surface area contributed by atoms with Crippen molar-refractivity contribution in [3.63, 3.8) is 0 Å². The minimum atomic E-state index is -0.137. The summed E-state index contributed by atoms with van der Waals surface area (Å²) in [5, 5.41) is 2.90. The van der Waals surface area contributed by atoms with E-state index in [2.05, 4.69) is 5.32 Å². The predicted octanol–water partition coefficient (Wildman–Crippen LogP) is 2.06. The van der Waals surface area contributed by atoms with Crippen LogP contribution in [0.1, 0.15) is 33.6 Å². The minimum absolute atomic E-state index is 0.136. The van der Waals surface area contributed by atoms with Crippen molar-refractivity contribution < 1.29 is 9.53 Å². The summed E-state index contributed by atoms with van der Waals surface area (Å²) in [6.07, 6.45) is 3.47. The van der Waals surface area contributed by atoms with Gasteiger partial charge < -0.3 is 10.1 Å². The average molecular weight is 233 g/mol. The molecule has 0 heterocycles. The topological polar surface area (TPSA) is 38.3 Å². The molecule has 0 aliphatic heterocycles. The van der Waals surface area contributed by atoms with Gasteiger partial charge in [0.2, 0.25) is 5.91 Å². The third-order valence-electron chi connectivity index (χ3n) is 2.12. The molecule has 0 saturated heterocycles. The summed E-state index contributed by atoms with van der Waals surface area (Å²) in [7, 11) is 0. The fourth-order valence-corrected chi connectivity index (χ4v) is 1.64. The molecule has 1 N–H and O–H groups in total. The first-order valence-electron chi connectivity index (χ1n) is 5.41. The highest BCUT2D eigenvalue weighted by atomic mass is 32.2. The Hall–Kier alpha value is -0.220. The van der Waals surface area contributed by atoms with Gasteiger partial charge in [-0.15, -0.1) is 0 Å². The first-order valence-corrected chi connectivity index (χ1v) is 6.81. The Balaban J connectivity index is 3.55. The van der Waals surface area contributed by atoms with Crippen molar-refractivity contribution >= 4 is 17.7 Å². The SMILES string of the molecule is CCOC(C)(C)CCNC(=O)CCSC.